The second-order valence-electron chi connectivity index (χ2n) is 5.68. The minimum atomic E-state index is -0.562. The molecule has 2 aromatic rings. The van der Waals surface area contributed by atoms with Gasteiger partial charge in [0.15, 0.2) is 6.61 Å². The molecule has 5 heteroatoms. The van der Waals surface area contributed by atoms with Gasteiger partial charge < -0.3 is 9.47 Å². The topological polar surface area (TPSA) is 52.6 Å². The Kier molecular flexibility index (Phi) is 4.60. The minimum Gasteiger partial charge on any atom is -0.496 e. The van der Waals surface area contributed by atoms with Crippen LogP contribution in [0.1, 0.15) is 38.3 Å². The van der Waals surface area contributed by atoms with E-state index in [4.69, 9.17) is 9.47 Å². The molecule has 124 valence electrons. The predicted octanol–water partition coefficient (Wildman–Crippen LogP) is 3.36. The molecule has 0 unspecified atom stereocenters. The van der Waals surface area contributed by atoms with Crippen molar-refractivity contribution in [1.82, 2.24) is 0 Å². The molecule has 4 nitrogen and oxygen atoms in total. The molecule has 0 heterocycles. The van der Waals surface area contributed by atoms with Gasteiger partial charge in [-0.05, 0) is 60.7 Å². The highest BCUT2D eigenvalue weighted by Crippen LogP contribution is 2.23. The van der Waals surface area contributed by atoms with Crippen molar-refractivity contribution in [2.75, 3.05) is 13.7 Å². The molecule has 0 aromatic heterocycles. The molecule has 0 aliphatic heterocycles. The van der Waals surface area contributed by atoms with Crippen molar-refractivity contribution in [1.29, 1.82) is 0 Å². The number of fused-ring (bicyclic) bond motifs is 1. The van der Waals surface area contributed by atoms with E-state index in [2.05, 4.69) is 0 Å². The van der Waals surface area contributed by atoms with Crippen LogP contribution < -0.4 is 4.74 Å². The van der Waals surface area contributed by atoms with Crippen LogP contribution in [0.25, 0.3) is 0 Å². The maximum atomic E-state index is 13.3. The van der Waals surface area contributed by atoms with Crippen LogP contribution in [0.3, 0.4) is 0 Å². The Morgan fingerprint density at radius 3 is 2.67 bits per heavy atom. The Bertz CT molecular complexity index is 798. The van der Waals surface area contributed by atoms with E-state index in [1.807, 2.05) is 12.1 Å². The highest BCUT2D eigenvalue weighted by Gasteiger charge is 2.18. The summed E-state index contributed by atoms with van der Waals surface area (Å²) < 4.78 is 23.4. The van der Waals surface area contributed by atoms with Gasteiger partial charge in [-0.2, -0.15) is 0 Å². The predicted molar refractivity (Wildman–Crippen MR) is 86.0 cm³/mol. The first-order valence-electron chi connectivity index (χ1n) is 7.74. The lowest BCUT2D eigenvalue weighted by atomic mass is 10.1. The molecule has 0 amide bonds. The fourth-order valence-electron chi connectivity index (χ4n) is 2.89. The number of carbonyl (C=O) groups is 2. The fraction of sp³-hybridized carbons (Fsp3) is 0.263. The highest BCUT2D eigenvalue weighted by atomic mass is 19.1. The summed E-state index contributed by atoms with van der Waals surface area (Å²) >= 11 is 0. The summed E-state index contributed by atoms with van der Waals surface area (Å²) in [6, 6.07) is 9.09. The van der Waals surface area contributed by atoms with Crippen molar-refractivity contribution in [2.24, 2.45) is 0 Å². The van der Waals surface area contributed by atoms with E-state index in [1.54, 1.807) is 6.07 Å². The molecule has 3 rings (SSSR count). The number of hydrogen-bond acceptors (Lipinski definition) is 4. The molecular formula is C19H17FO4. The lowest BCUT2D eigenvalue weighted by molar-refractivity contribution is 0.0474. The van der Waals surface area contributed by atoms with Crippen molar-refractivity contribution in [3.63, 3.8) is 0 Å². The van der Waals surface area contributed by atoms with E-state index in [1.165, 1.54) is 24.8 Å². The number of methoxy groups -OCH3 is 1. The monoisotopic (exact) mass is 328 g/mol. The van der Waals surface area contributed by atoms with Crippen LogP contribution >= 0.6 is 0 Å². The number of halogens is 1. The molecule has 0 fully saturated rings. The molecule has 1 aliphatic rings. The fourth-order valence-corrected chi connectivity index (χ4v) is 2.89. The highest BCUT2D eigenvalue weighted by molar-refractivity contribution is 6.01. The number of rotatable bonds is 5. The van der Waals surface area contributed by atoms with Gasteiger partial charge in [0.05, 0.1) is 18.2 Å². The van der Waals surface area contributed by atoms with Gasteiger partial charge in [-0.25, -0.2) is 9.18 Å². The molecule has 0 radical (unpaired) electrons. The number of ether oxygens (including phenoxy) is 2. The number of esters is 1. The molecule has 0 N–H and O–H groups in total. The summed E-state index contributed by atoms with van der Waals surface area (Å²) in [5.41, 5.74) is 2.89. The molecule has 2 aromatic carbocycles. The second-order valence-corrected chi connectivity index (χ2v) is 5.68. The van der Waals surface area contributed by atoms with Crippen LogP contribution in [0.4, 0.5) is 4.39 Å². The summed E-state index contributed by atoms with van der Waals surface area (Å²) in [5, 5.41) is 0. The van der Waals surface area contributed by atoms with E-state index in [-0.39, 0.29) is 11.3 Å². The number of ketones is 1. The summed E-state index contributed by atoms with van der Waals surface area (Å²) in [6.45, 7) is -0.463. The minimum absolute atomic E-state index is 0.0549. The standard InChI is InChI=1S/C19H17FO4/c1-23-18-8-7-15(20)10-16(18)17(21)11-24-19(22)14-6-5-12-3-2-4-13(12)9-14/h5-10H,2-4,11H2,1H3. The van der Waals surface area contributed by atoms with E-state index >= 15 is 0 Å². The molecule has 24 heavy (non-hydrogen) atoms. The smallest absolute Gasteiger partial charge is 0.338 e. The Hall–Kier alpha value is -2.69. The molecule has 0 saturated carbocycles. The quantitative estimate of drug-likeness (QED) is 0.624. The van der Waals surface area contributed by atoms with Gasteiger partial charge in [-0.1, -0.05) is 6.07 Å². The summed E-state index contributed by atoms with van der Waals surface area (Å²) in [7, 11) is 1.39. The summed E-state index contributed by atoms with van der Waals surface area (Å²) in [5.74, 6) is -1.38. The first kappa shape index (κ1) is 16.2. The molecule has 1 aliphatic carbocycles. The lowest BCUT2D eigenvalue weighted by Crippen LogP contribution is -2.15. The third kappa shape index (κ3) is 3.30. The molecular weight excluding hydrogens is 311 g/mol. The zero-order chi connectivity index (χ0) is 17.1. The van der Waals surface area contributed by atoms with Gasteiger partial charge in [0, 0.05) is 0 Å². The lowest BCUT2D eigenvalue weighted by Gasteiger charge is -2.09. The Morgan fingerprint density at radius 2 is 1.88 bits per heavy atom. The van der Waals surface area contributed by atoms with Gasteiger partial charge >= 0.3 is 5.97 Å². The average Bonchev–Trinajstić information content (AvgIpc) is 3.06. The number of hydrogen-bond donors (Lipinski definition) is 0. The summed E-state index contributed by atoms with van der Waals surface area (Å²) in [4.78, 5) is 24.3. The number of benzene rings is 2. The zero-order valence-corrected chi connectivity index (χ0v) is 13.3. The van der Waals surface area contributed by atoms with E-state index in [0.717, 1.165) is 30.9 Å². The third-order valence-electron chi connectivity index (χ3n) is 4.13. The van der Waals surface area contributed by atoms with Crippen LogP contribution in [0.15, 0.2) is 36.4 Å². The van der Waals surface area contributed by atoms with E-state index in [9.17, 15) is 14.0 Å². The average molecular weight is 328 g/mol. The van der Waals surface area contributed by atoms with Gasteiger partial charge in [0.25, 0.3) is 0 Å². The van der Waals surface area contributed by atoms with E-state index < -0.39 is 24.2 Å². The maximum Gasteiger partial charge on any atom is 0.338 e. The number of Topliss-reactive ketones (excluding diaryl/α,β-unsaturated/α-hetero) is 1. The largest absolute Gasteiger partial charge is 0.496 e. The van der Waals surface area contributed by atoms with Crippen molar-refractivity contribution in [3.8, 4) is 5.75 Å². The van der Waals surface area contributed by atoms with Crippen LogP contribution in [0, 0.1) is 5.82 Å². The third-order valence-corrected chi connectivity index (χ3v) is 4.13. The first-order chi connectivity index (χ1) is 11.6. The Labute approximate surface area is 139 Å². The second kappa shape index (κ2) is 6.83. The molecule has 0 bridgehead atoms. The van der Waals surface area contributed by atoms with Gasteiger partial charge in [0.1, 0.15) is 11.6 Å². The van der Waals surface area contributed by atoms with Crippen LogP contribution in [-0.2, 0) is 17.6 Å². The molecule has 0 atom stereocenters. The normalized spacial score (nSPS) is 12.6. The van der Waals surface area contributed by atoms with Crippen molar-refractivity contribution >= 4 is 11.8 Å². The number of carbonyl (C=O) groups excluding carboxylic acids is 2. The van der Waals surface area contributed by atoms with Crippen molar-refractivity contribution < 1.29 is 23.5 Å². The summed E-state index contributed by atoms with van der Waals surface area (Å²) in [6.07, 6.45) is 3.07. The van der Waals surface area contributed by atoms with E-state index in [0.29, 0.717) is 5.56 Å². The SMILES string of the molecule is COc1ccc(F)cc1C(=O)COC(=O)c1ccc2c(c1)CCC2. The Morgan fingerprint density at radius 1 is 1.08 bits per heavy atom. The van der Waals surface area contributed by atoms with Crippen molar-refractivity contribution in [3.05, 3.63) is 64.5 Å². The first-order valence-corrected chi connectivity index (χ1v) is 7.74. The van der Waals surface area contributed by atoms with Crippen LogP contribution in [0.5, 0.6) is 5.75 Å². The van der Waals surface area contributed by atoms with Gasteiger partial charge in [-0.15, -0.1) is 0 Å². The zero-order valence-electron chi connectivity index (χ0n) is 13.3. The molecule has 0 spiro atoms. The molecule has 0 saturated heterocycles. The van der Waals surface area contributed by atoms with Gasteiger partial charge in [-0.3, -0.25) is 4.79 Å². The van der Waals surface area contributed by atoms with Crippen LogP contribution in [0.2, 0.25) is 0 Å². The Balaban J connectivity index is 1.68. The number of aryl methyl sites for hydroxylation is 2. The maximum absolute atomic E-state index is 13.3. The van der Waals surface area contributed by atoms with Gasteiger partial charge in [0.2, 0.25) is 5.78 Å². The van der Waals surface area contributed by atoms with Crippen molar-refractivity contribution in [2.45, 2.75) is 19.3 Å². The van der Waals surface area contributed by atoms with Crippen LogP contribution in [-0.4, -0.2) is 25.5 Å².